The largest absolute Gasteiger partial charge is 0.489 e. The van der Waals surface area contributed by atoms with Crippen LogP contribution >= 0.6 is 11.6 Å². The third-order valence-electron chi connectivity index (χ3n) is 5.86. The lowest BCUT2D eigenvalue weighted by molar-refractivity contribution is 0.204. The monoisotopic (exact) mass is 560 g/mol. The minimum absolute atomic E-state index is 0.0677. The number of benzene rings is 2. The Morgan fingerprint density at radius 1 is 1.13 bits per heavy atom. The molecule has 4 rings (SSSR count). The fraction of sp³-hybridized carbons (Fsp3) is 0.385. The Morgan fingerprint density at radius 3 is 2.58 bits per heavy atom. The molecule has 0 radical (unpaired) electrons. The Bertz CT molecular complexity index is 1390. The van der Waals surface area contributed by atoms with E-state index in [1.54, 1.807) is 18.2 Å². The summed E-state index contributed by atoms with van der Waals surface area (Å²) in [4.78, 5) is 11.1. The van der Waals surface area contributed by atoms with Gasteiger partial charge in [-0.05, 0) is 51.6 Å². The highest BCUT2D eigenvalue weighted by Crippen LogP contribution is 2.34. The number of para-hydroxylation sites is 1. The van der Waals surface area contributed by atoms with Gasteiger partial charge in [0.1, 0.15) is 27.5 Å². The summed E-state index contributed by atoms with van der Waals surface area (Å²) in [6, 6.07) is 12.2. The Balaban J connectivity index is 1.59. The molecule has 1 aromatic heterocycles. The van der Waals surface area contributed by atoms with Crippen molar-refractivity contribution < 1.29 is 17.9 Å². The molecule has 12 heteroatoms. The Hall–Kier alpha value is -3.12. The first-order valence-electron chi connectivity index (χ1n) is 12.3. The molecule has 0 bridgehead atoms. The van der Waals surface area contributed by atoms with E-state index in [-0.39, 0.29) is 33.9 Å². The summed E-state index contributed by atoms with van der Waals surface area (Å²) < 4.78 is 39.0. The van der Waals surface area contributed by atoms with Crippen molar-refractivity contribution in [3.8, 4) is 11.5 Å². The standard InChI is InChI=1S/C26H33ClN6O4S/c1-17(2)36-23-14-18(37-19-12-13-33(5)16-19)10-11-21(23)30-26-28-15-20(27)25(31-26)29-22-8-6-7-9-24(22)38(34,35)32(3)4/h6-11,14-15,17,19H,12-13,16H2,1-5H3,(H2,28,29,30,31)/t19-/m1/s1. The zero-order chi connectivity index (χ0) is 27.4. The van der Waals surface area contributed by atoms with Crippen molar-refractivity contribution in [1.82, 2.24) is 19.2 Å². The molecule has 2 heterocycles. The number of likely N-dealkylation sites (N-methyl/N-ethyl adjacent to an activating group) is 1. The molecule has 10 nitrogen and oxygen atoms in total. The van der Waals surface area contributed by atoms with E-state index in [9.17, 15) is 8.42 Å². The molecule has 0 unspecified atom stereocenters. The highest BCUT2D eigenvalue weighted by molar-refractivity contribution is 7.89. The van der Waals surface area contributed by atoms with Crippen LogP contribution < -0.4 is 20.1 Å². The van der Waals surface area contributed by atoms with Gasteiger partial charge in [-0.2, -0.15) is 4.98 Å². The first-order chi connectivity index (χ1) is 18.0. The number of sulfonamides is 1. The van der Waals surface area contributed by atoms with E-state index in [2.05, 4.69) is 32.5 Å². The molecule has 1 fully saturated rings. The van der Waals surface area contributed by atoms with Gasteiger partial charge >= 0.3 is 0 Å². The number of hydrogen-bond donors (Lipinski definition) is 2. The van der Waals surface area contributed by atoms with Gasteiger partial charge < -0.3 is 25.0 Å². The van der Waals surface area contributed by atoms with Crippen LogP contribution in [0.15, 0.2) is 53.6 Å². The van der Waals surface area contributed by atoms with Gasteiger partial charge in [0.15, 0.2) is 5.82 Å². The van der Waals surface area contributed by atoms with Crippen LogP contribution in [0.2, 0.25) is 5.02 Å². The number of likely N-dealkylation sites (tertiary alicyclic amines) is 1. The van der Waals surface area contributed by atoms with Crippen molar-refractivity contribution in [2.45, 2.75) is 37.4 Å². The van der Waals surface area contributed by atoms with Crippen molar-refractivity contribution in [1.29, 1.82) is 0 Å². The number of hydrogen-bond acceptors (Lipinski definition) is 9. The van der Waals surface area contributed by atoms with Crippen LogP contribution in [0.3, 0.4) is 0 Å². The van der Waals surface area contributed by atoms with E-state index < -0.39 is 10.0 Å². The number of nitrogens with one attached hydrogen (secondary N) is 2. The maximum atomic E-state index is 12.8. The van der Waals surface area contributed by atoms with Crippen LogP contribution in [-0.2, 0) is 10.0 Å². The number of nitrogens with zero attached hydrogens (tertiary/aromatic N) is 4. The van der Waals surface area contributed by atoms with Crippen molar-refractivity contribution in [2.24, 2.45) is 0 Å². The molecule has 1 saturated heterocycles. The molecule has 1 atom stereocenters. The maximum absolute atomic E-state index is 12.8. The third kappa shape index (κ3) is 6.65. The fourth-order valence-electron chi connectivity index (χ4n) is 3.97. The van der Waals surface area contributed by atoms with E-state index >= 15 is 0 Å². The van der Waals surface area contributed by atoms with Crippen LogP contribution in [-0.4, -0.2) is 74.0 Å². The third-order valence-corrected chi connectivity index (χ3v) is 8.01. The second-order valence-electron chi connectivity index (χ2n) is 9.54. The summed E-state index contributed by atoms with van der Waals surface area (Å²) in [5.74, 6) is 1.83. The van der Waals surface area contributed by atoms with Crippen LogP contribution in [0.4, 0.5) is 23.1 Å². The average molecular weight is 561 g/mol. The number of anilines is 4. The van der Waals surface area contributed by atoms with E-state index in [1.807, 2.05) is 32.0 Å². The molecule has 0 aliphatic carbocycles. The Kier molecular flexibility index (Phi) is 8.61. The second-order valence-corrected chi connectivity index (χ2v) is 12.1. The topological polar surface area (TPSA) is 109 Å². The number of aromatic nitrogens is 2. The average Bonchev–Trinajstić information content (AvgIpc) is 3.27. The highest BCUT2D eigenvalue weighted by atomic mass is 35.5. The lowest BCUT2D eigenvalue weighted by Gasteiger charge is -2.19. The normalized spacial score (nSPS) is 16.2. The number of rotatable bonds is 10. The lowest BCUT2D eigenvalue weighted by Crippen LogP contribution is -2.23. The van der Waals surface area contributed by atoms with Gasteiger partial charge in [-0.3, -0.25) is 0 Å². The summed E-state index contributed by atoms with van der Waals surface area (Å²) in [7, 11) is 1.34. The first-order valence-corrected chi connectivity index (χ1v) is 14.1. The van der Waals surface area contributed by atoms with Crippen molar-refractivity contribution >= 4 is 44.8 Å². The molecular formula is C26H33ClN6O4S. The minimum Gasteiger partial charge on any atom is -0.489 e. The summed E-state index contributed by atoms with van der Waals surface area (Å²) in [5, 5.41) is 6.46. The van der Waals surface area contributed by atoms with Gasteiger partial charge in [0, 0.05) is 33.3 Å². The first kappa shape index (κ1) is 27.9. The summed E-state index contributed by atoms with van der Waals surface area (Å²) >= 11 is 6.37. The van der Waals surface area contributed by atoms with Gasteiger partial charge in [-0.15, -0.1) is 0 Å². The lowest BCUT2D eigenvalue weighted by atomic mass is 10.2. The molecule has 204 valence electrons. The molecule has 2 N–H and O–H groups in total. The van der Waals surface area contributed by atoms with Crippen molar-refractivity contribution in [3.63, 3.8) is 0 Å². The molecule has 0 amide bonds. The van der Waals surface area contributed by atoms with E-state index in [0.717, 1.165) is 29.6 Å². The van der Waals surface area contributed by atoms with E-state index in [4.69, 9.17) is 21.1 Å². The predicted molar refractivity (Wildman–Crippen MR) is 150 cm³/mol. The minimum atomic E-state index is -3.69. The van der Waals surface area contributed by atoms with Gasteiger partial charge in [0.05, 0.1) is 23.7 Å². The maximum Gasteiger partial charge on any atom is 0.244 e. The molecule has 38 heavy (non-hydrogen) atoms. The molecule has 0 spiro atoms. The SMILES string of the molecule is CC(C)Oc1cc(O[C@@H]2CCN(C)C2)ccc1Nc1ncc(Cl)c(Nc2ccccc2S(=O)(=O)N(C)C)n1. The molecule has 1 aliphatic heterocycles. The zero-order valence-corrected chi connectivity index (χ0v) is 23.7. The quantitative estimate of drug-likeness (QED) is 0.363. The second kappa shape index (κ2) is 11.7. The van der Waals surface area contributed by atoms with Gasteiger partial charge in [-0.1, -0.05) is 23.7 Å². The van der Waals surface area contributed by atoms with Gasteiger partial charge in [0.25, 0.3) is 0 Å². The van der Waals surface area contributed by atoms with Crippen LogP contribution in [0.5, 0.6) is 11.5 Å². The number of halogens is 1. The predicted octanol–water partition coefficient (Wildman–Crippen LogP) is 4.74. The van der Waals surface area contributed by atoms with E-state index in [1.165, 1.54) is 26.4 Å². The summed E-state index contributed by atoms with van der Waals surface area (Å²) in [6.45, 7) is 5.79. The molecular weight excluding hydrogens is 528 g/mol. The van der Waals surface area contributed by atoms with Crippen LogP contribution in [0, 0.1) is 0 Å². The molecule has 3 aromatic rings. The van der Waals surface area contributed by atoms with Crippen LogP contribution in [0.1, 0.15) is 20.3 Å². The van der Waals surface area contributed by atoms with E-state index in [0.29, 0.717) is 17.1 Å². The fourth-order valence-corrected chi connectivity index (χ4v) is 5.15. The summed E-state index contributed by atoms with van der Waals surface area (Å²) in [6.07, 6.45) is 2.49. The summed E-state index contributed by atoms with van der Waals surface area (Å²) in [5.41, 5.74) is 0.995. The molecule has 0 saturated carbocycles. The van der Waals surface area contributed by atoms with Gasteiger partial charge in [-0.25, -0.2) is 17.7 Å². The molecule has 1 aliphatic rings. The smallest absolute Gasteiger partial charge is 0.244 e. The zero-order valence-electron chi connectivity index (χ0n) is 22.1. The van der Waals surface area contributed by atoms with Crippen molar-refractivity contribution in [3.05, 3.63) is 53.7 Å². The Morgan fingerprint density at radius 2 is 1.89 bits per heavy atom. The molecule has 2 aromatic carbocycles. The number of ether oxygens (including phenoxy) is 2. The van der Waals surface area contributed by atoms with Gasteiger partial charge in [0.2, 0.25) is 16.0 Å². The van der Waals surface area contributed by atoms with Crippen molar-refractivity contribution in [2.75, 3.05) is 44.9 Å². The van der Waals surface area contributed by atoms with Crippen LogP contribution in [0.25, 0.3) is 0 Å². The Labute approximate surface area is 229 Å². The highest BCUT2D eigenvalue weighted by Gasteiger charge is 2.23.